The number of rotatable bonds is 4. The molecular weight excluding hydrogens is 192 g/mol. The Hall–Kier alpha value is -1.45. The molecule has 0 aliphatic rings. The SMILES string of the molecule is CCCc1cc(C(=O)OCC)nc(C)n1. The molecule has 82 valence electrons. The highest BCUT2D eigenvalue weighted by Crippen LogP contribution is 2.05. The van der Waals surface area contributed by atoms with Gasteiger partial charge in [-0.2, -0.15) is 0 Å². The number of nitrogens with zero attached hydrogens (tertiary/aromatic N) is 2. The fourth-order valence-electron chi connectivity index (χ4n) is 1.32. The predicted octanol–water partition coefficient (Wildman–Crippen LogP) is 1.91. The largest absolute Gasteiger partial charge is 0.461 e. The van der Waals surface area contributed by atoms with Crippen LogP contribution in [0.25, 0.3) is 0 Å². The van der Waals surface area contributed by atoms with E-state index in [1.165, 1.54) is 0 Å². The Balaban J connectivity index is 2.92. The zero-order valence-electron chi connectivity index (χ0n) is 9.41. The van der Waals surface area contributed by atoms with Crippen molar-refractivity contribution in [1.82, 2.24) is 9.97 Å². The van der Waals surface area contributed by atoms with Gasteiger partial charge in [0.2, 0.25) is 0 Å². The molecule has 0 fully saturated rings. The quantitative estimate of drug-likeness (QED) is 0.709. The van der Waals surface area contributed by atoms with Crippen molar-refractivity contribution in [2.45, 2.75) is 33.6 Å². The van der Waals surface area contributed by atoms with Crippen molar-refractivity contribution in [1.29, 1.82) is 0 Å². The van der Waals surface area contributed by atoms with Crippen LogP contribution in [0.15, 0.2) is 6.07 Å². The van der Waals surface area contributed by atoms with Crippen LogP contribution in [-0.4, -0.2) is 22.5 Å². The second kappa shape index (κ2) is 5.44. The summed E-state index contributed by atoms with van der Waals surface area (Å²) in [7, 11) is 0. The summed E-state index contributed by atoms with van der Waals surface area (Å²) >= 11 is 0. The molecule has 0 saturated carbocycles. The van der Waals surface area contributed by atoms with E-state index >= 15 is 0 Å². The molecule has 1 rings (SSSR count). The molecular formula is C11H16N2O2. The highest BCUT2D eigenvalue weighted by Gasteiger charge is 2.10. The molecule has 0 amide bonds. The first-order chi connectivity index (χ1) is 7.17. The lowest BCUT2D eigenvalue weighted by atomic mass is 10.2. The second-order valence-corrected chi connectivity index (χ2v) is 3.26. The maximum absolute atomic E-state index is 11.4. The van der Waals surface area contributed by atoms with E-state index in [1.807, 2.05) is 0 Å². The molecule has 0 bridgehead atoms. The molecule has 0 spiro atoms. The van der Waals surface area contributed by atoms with E-state index in [4.69, 9.17) is 4.74 Å². The second-order valence-electron chi connectivity index (χ2n) is 3.26. The minimum atomic E-state index is -0.375. The van der Waals surface area contributed by atoms with Crippen molar-refractivity contribution >= 4 is 5.97 Å². The van der Waals surface area contributed by atoms with Crippen LogP contribution < -0.4 is 0 Å². The number of carbonyl (C=O) groups excluding carboxylic acids is 1. The van der Waals surface area contributed by atoms with Gasteiger partial charge in [0.25, 0.3) is 0 Å². The van der Waals surface area contributed by atoms with E-state index in [2.05, 4.69) is 16.9 Å². The van der Waals surface area contributed by atoms with Crippen LogP contribution in [-0.2, 0) is 11.2 Å². The molecule has 0 radical (unpaired) electrons. The van der Waals surface area contributed by atoms with Crippen molar-refractivity contribution < 1.29 is 9.53 Å². The van der Waals surface area contributed by atoms with Gasteiger partial charge in [-0.15, -0.1) is 0 Å². The van der Waals surface area contributed by atoms with Gasteiger partial charge in [-0.1, -0.05) is 13.3 Å². The first-order valence-corrected chi connectivity index (χ1v) is 5.19. The predicted molar refractivity (Wildman–Crippen MR) is 56.7 cm³/mol. The lowest BCUT2D eigenvalue weighted by Crippen LogP contribution is -2.10. The molecule has 15 heavy (non-hydrogen) atoms. The maximum Gasteiger partial charge on any atom is 0.357 e. The molecule has 0 saturated heterocycles. The summed E-state index contributed by atoms with van der Waals surface area (Å²) in [5.41, 5.74) is 1.25. The minimum Gasteiger partial charge on any atom is -0.461 e. The molecule has 1 aromatic rings. The molecule has 1 heterocycles. The number of aryl methyl sites for hydroxylation is 2. The average molecular weight is 208 g/mol. The summed E-state index contributed by atoms with van der Waals surface area (Å²) in [5.74, 6) is 0.240. The van der Waals surface area contributed by atoms with Crippen molar-refractivity contribution in [3.63, 3.8) is 0 Å². The van der Waals surface area contributed by atoms with Crippen molar-refractivity contribution in [2.75, 3.05) is 6.61 Å². The van der Waals surface area contributed by atoms with Gasteiger partial charge in [0, 0.05) is 5.69 Å². The topological polar surface area (TPSA) is 52.1 Å². The number of ether oxygens (including phenoxy) is 1. The molecule has 0 aliphatic carbocycles. The Labute approximate surface area is 89.7 Å². The number of esters is 1. The molecule has 4 heteroatoms. The van der Waals surface area contributed by atoms with Gasteiger partial charge in [0.05, 0.1) is 6.61 Å². The molecule has 0 unspecified atom stereocenters. The summed E-state index contributed by atoms with van der Waals surface area (Å²) in [6, 6.07) is 1.70. The smallest absolute Gasteiger partial charge is 0.357 e. The van der Waals surface area contributed by atoms with Gasteiger partial charge in [-0.3, -0.25) is 0 Å². The third-order valence-corrected chi connectivity index (χ3v) is 1.88. The molecule has 0 aliphatic heterocycles. The van der Waals surface area contributed by atoms with E-state index in [0.29, 0.717) is 18.1 Å². The summed E-state index contributed by atoms with van der Waals surface area (Å²) in [4.78, 5) is 19.7. The van der Waals surface area contributed by atoms with Gasteiger partial charge in [-0.25, -0.2) is 14.8 Å². The first-order valence-electron chi connectivity index (χ1n) is 5.19. The van der Waals surface area contributed by atoms with E-state index < -0.39 is 0 Å². The highest BCUT2D eigenvalue weighted by atomic mass is 16.5. The fourth-order valence-corrected chi connectivity index (χ4v) is 1.32. The molecule has 0 N–H and O–H groups in total. The van der Waals surface area contributed by atoms with Crippen molar-refractivity contribution in [3.8, 4) is 0 Å². The Morgan fingerprint density at radius 3 is 2.73 bits per heavy atom. The van der Waals surface area contributed by atoms with Crippen LogP contribution in [0.4, 0.5) is 0 Å². The number of hydrogen-bond acceptors (Lipinski definition) is 4. The minimum absolute atomic E-state index is 0.354. The molecule has 0 atom stereocenters. The highest BCUT2D eigenvalue weighted by molar-refractivity contribution is 5.87. The Bertz CT molecular complexity index is 350. The lowest BCUT2D eigenvalue weighted by molar-refractivity contribution is 0.0518. The number of carbonyl (C=O) groups is 1. The molecule has 1 aromatic heterocycles. The normalized spacial score (nSPS) is 10.1. The Kier molecular flexibility index (Phi) is 4.21. The van der Waals surface area contributed by atoms with Crippen LogP contribution in [0.5, 0.6) is 0 Å². The Morgan fingerprint density at radius 2 is 2.13 bits per heavy atom. The van der Waals surface area contributed by atoms with Crippen molar-refractivity contribution in [3.05, 3.63) is 23.3 Å². The maximum atomic E-state index is 11.4. The lowest BCUT2D eigenvalue weighted by Gasteiger charge is -2.04. The van der Waals surface area contributed by atoms with Crippen LogP contribution in [0, 0.1) is 6.92 Å². The van der Waals surface area contributed by atoms with E-state index in [0.717, 1.165) is 18.5 Å². The van der Waals surface area contributed by atoms with Gasteiger partial charge < -0.3 is 4.74 Å². The standard InChI is InChI=1S/C11H16N2O2/c1-4-6-9-7-10(11(14)15-5-2)13-8(3)12-9/h7H,4-6H2,1-3H3. The van der Waals surface area contributed by atoms with E-state index in [9.17, 15) is 4.79 Å². The zero-order valence-corrected chi connectivity index (χ0v) is 9.41. The first kappa shape index (κ1) is 11.6. The third-order valence-electron chi connectivity index (χ3n) is 1.88. The third kappa shape index (κ3) is 3.31. The summed E-state index contributed by atoms with van der Waals surface area (Å²) in [5, 5.41) is 0. The number of aromatic nitrogens is 2. The van der Waals surface area contributed by atoms with E-state index in [1.54, 1.807) is 19.9 Å². The van der Waals surface area contributed by atoms with Crippen LogP contribution in [0.2, 0.25) is 0 Å². The van der Waals surface area contributed by atoms with Gasteiger partial charge in [0.1, 0.15) is 5.82 Å². The zero-order chi connectivity index (χ0) is 11.3. The van der Waals surface area contributed by atoms with Gasteiger partial charge >= 0.3 is 5.97 Å². The van der Waals surface area contributed by atoms with Crippen LogP contribution in [0.3, 0.4) is 0 Å². The fraction of sp³-hybridized carbons (Fsp3) is 0.545. The number of hydrogen-bond donors (Lipinski definition) is 0. The monoisotopic (exact) mass is 208 g/mol. The molecule has 4 nitrogen and oxygen atoms in total. The van der Waals surface area contributed by atoms with Crippen molar-refractivity contribution in [2.24, 2.45) is 0 Å². The van der Waals surface area contributed by atoms with Gasteiger partial charge in [-0.05, 0) is 26.3 Å². The van der Waals surface area contributed by atoms with Crippen LogP contribution in [0.1, 0.15) is 42.3 Å². The van der Waals surface area contributed by atoms with Crippen LogP contribution >= 0.6 is 0 Å². The summed E-state index contributed by atoms with van der Waals surface area (Å²) in [6.45, 7) is 5.99. The average Bonchev–Trinajstić information content (AvgIpc) is 2.17. The summed E-state index contributed by atoms with van der Waals surface area (Å²) in [6.07, 6.45) is 1.86. The van der Waals surface area contributed by atoms with E-state index in [-0.39, 0.29) is 5.97 Å². The van der Waals surface area contributed by atoms with Gasteiger partial charge in [0.15, 0.2) is 5.69 Å². The Morgan fingerprint density at radius 1 is 1.40 bits per heavy atom. The molecule has 0 aromatic carbocycles. The summed E-state index contributed by atoms with van der Waals surface area (Å²) < 4.78 is 4.89.